The van der Waals surface area contributed by atoms with Gasteiger partial charge in [-0.3, -0.25) is 0 Å². The van der Waals surface area contributed by atoms with Crippen LogP contribution < -0.4 is 4.74 Å². The first kappa shape index (κ1) is 13.6. The Morgan fingerprint density at radius 1 is 1.11 bits per heavy atom. The lowest BCUT2D eigenvalue weighted by molar-refractivity contribution is 0.213. The average molecular weight is 260 g/mol. The van der Waals surface area contributed by atoms with Gasteiger partial charge in [0.25, 0.3) is 0 Å². The number of aryl methyl sites for hydroxylation is 1. The van der Waals surface area contributed by atoms with Crippen LogP contribution in [0.4, 0.5) is 4.39 Å². The van der Waals surface area contributed by atoms with Gasteiger partial charge < -0.3 is 9.84 Å². The number of methoxy groups -OCH3 is 1. The van der Waals surface area contributed by atoms with Crippen molar-refractivity contribution >= 4 is 0 Å². The minimum absolute atomic E-state index is 0.389. The highest BCUT2D eigenvalue weighted by molar-refractivity contribution is 5.44. The van der Waals surface area contributed by atoms with Gasteiger partial charge in [0.05, 0.1) is 7.11 Å². The maximum absolute atomic E-state index is 13.4. The van der Waals surface area contributed by atoms with Gasteiger partial charge >= 0.3 is 0 Å². The molecule has 3 heteroatoms. The van der Waals surface area contributed by atoms with Crippen molar-refractivity contribution in [2.45, 2.75) is 20.0 Å². The molecule has 0 amide bonds. The number of rotatable bonds is 3. The summed E-state index contributed by atoms with van der Waals surface area (Å²) in [6.07, 6.45) is -0.898. The molecule has 0 radical (unpaired) electrons. The lowest BCUT2D eigenvalue weighted by atomic mass is 9.94. The topological polar surface area (TPSA) is 29.5 Å². The normalized spacial score (nSPS) is 12.3. The number of ether oxygens (including phenoxy) is 1. The molecule has 1 N–H and O–H groups in total. The van der Waals surface area contributed by atoms with Gasteiger partial charge in [0, 0.05) is 5.56 Å². The van der Waals surface area contributed by atoms with Crippen molar-refractivity contribution < 1.29 is 14.2 Å². The van der Waals surface area contributed by atoms with Crippen LogP contribution in [-0.4, -0.2) is 12.2 Å². The summed E-state index contributed by atoms with van der Waals surface area (Å²) in [5.74, 6) is 0.0926. The zero-order valence-electron chi connectivity index (χ0n) is 11.3. The van der Waals surface area contributed by atoms with Crippen molar-refractivity contribution in [3.63, 3.8) is 0 Å². The van der Waals surface area contributed by atoms with Gasteiger partial charge in [-0.05, 0) is 48.7 Å². The molecule has 0 saturated heterocycles. The maximum Gasteiger partial charge on any atom is 0.125 e. The van der Waals surface area contributed by atoms with Gasteiger partial charge in [-0.15, -0.1) is 0 Å². The van der Waals surface area contributed by atoms with Crippen molar-refractivity contribution in [3.8, 4) is 5.75 Å². The number of aliphatic hydroxyl groups is 1. The van der Waals surface area contributed by atoms with Gasteiger partial charge in [0.2, 0.25) is 0 Å². The van der Waals surface area contributed by atoms with Crippen LogP contribution in [0, 0.1) is 19.7 Å². The Morgan fingerprint density at radius 3 is 2.53 bits per heavy atom. The van der Waals surface area contributed by atoms with Crippen molar-refractivity contribution in [2.24, 2.45) is 0 Å². The second kappa shape index (κ2) is 5.41. The van der Waals surface area contributed by atoms with Gasteiger partial charge in [-0.1, -0.05) is 18.2 Å². The summed E-state index contributed by atoms with van der Waals surface area (Å²) in [5, 5.41) is 10.5. The molecule has 0 spiro atoms. The van der Waals surface area contributed by atoms with Crippen molar-refractivity contribution in [3.05, 3.63) is 64.5 Å². The Morgan fingerprint density at radius 2 is 1.84 bits per heavy atom. The van der Waals surface area contributed by atoms with E-state index < -0.39 is 6.10 Å². The molecule has 0 aliphatic carbocycles. The monoisotopic (exact) mass is 260 g/mol. The van der Waals surface area contributed by atoms with Gasteiger partial charge in [-0.2, -0.15) is 0 Å². The number of hydrogen-bond donors (Lipinski definition) is 1. The maximum atomic E-state index is 13.4. The van der Waals surface area contributed by atoms with E-state index in [0.29, 0.717) is 11.3 Å². The van der Waals surface area contributed by atoms with Crippen molar-refractivity contribution in [1.82, 2.24) is 0 Å². The van der Waals surface area contributed by atoms with E-state index >= 15 is 0 Å². The van der Waals surface area contributed by atoms with Crippen LogP contribution in [0.3, 0.4) is 0 Å². The molecule has 0 bridgehead atoms. The average Bonchev–Trinajstić information content (AvgIpc) is 2.41. The molecule has 0 saturated carbocycles. The Kier molecular flexibility index (Phi) is 3.86. The fourth-order valence-electron chi connectivity index (χ4n) is 2.16. The van der Waals surface area contributed by atoms with Crippen LogP contribution >= 0.6 is 0 Å². The number of benzene rings is 2. The number of aliphatic hydroxyl groups excluding tert-OH is 1. The third kappa shape index (κ3) is 2.61. The largest absolute Gasteiger partial charge is 0.496 e. The van der Waals surface area contributed by atoms with Crippen LogP contribution in [0.5, 0.6) is 5.75 Å². The molecular formula is C16H17FO2. The minimum atomic E-state index is -0.898. The zero-order valence-corrected chi connectivity index (χ0v) is 11.3. The molecular weight excluding hydrogens is 243 g/mol. The van der Waals surface area contributed by atoms with E-state index in [1.54, 1.807) is 0 Å². The Bertz CT molecular complexity index is 593. The fourth-order valence-corrected chi connectivity index (χ4v) is 2.16. The highest BCUT2D eigenvalue weighted by Crippen LogP contribution is 2.32. The Labute approximate surface area is 112 Å². The lowest BCUT2D eigenvalue weighted by Crippen LogP contribution is -2.05. The standard InChI is InChI=1S/C16H17FO2/c1-10-5-4-6-13(11(10)2)16(18)14-9-12(17)7-8-15(14)19-3/h4-9,16,18H,1-3H3. The molecule has 100 valence electrons. The van der Waals surface area contributed by atoms with Crippen LogP contribution in [0.1, 0.15) is 28.4 Å². The summed E-state index contributed by atoms with van der Waals surface area (Å²) < 4.78 is 18.6. The molecule has 0 aromatic heterocycles. The summed E-state index contributed by atoms with van der Waals surface area (Å²) in [6.45, 7) is 3.92. The summed E-state index contributed by atoms with van der Waals surface area (Å²) >= 11 is 0. The van der Waals surface area contributed by atoms with E-state index in [4.69, 9.17) is 4.74 Å². The van der Waals surface area contributed by atoms with E-state index in [0.717, 1.165) is 16.7 Å². The third-order valence-corrected chi connectivity index (χ3v) is 3.43. The first-order valence-electron chi connectivity index (χ1n) is 6.12. The second-order valence-corrected chi connectivity index (χ2v) is 4.58. The molecule has 2 aromatic rings. The van der Waals surface area contributed by atoms with Gasteiger partial charge in [0.1, 0.15) is 17.7 Å². The highest BCUT2D eigenvalue weighted by Gasteiger charge is 2.18. The van der Waals surface area contributed by atoms with E-state index in [1.807, 2.05) is 32.0 Å². The smallest absolute Gasteiger partial charge is 0.125 e. The first-order valence-corrected chi connectivity index (χ1v) is 6.12. The van der Waals surface area contributed by atoms with Crippen molar-refractivity contribution in [2.75, 3.05) is 7.11 Å². The van der Waals surface area contributed by atoms with E-state index in [9.17, 15) is 9.50 Å². The van der Waals surface area contributed by atoms with Crippen LogP contribution in [-0.2, 0) is 0 Å². The third-order valence-electron chi connectivity index (χ3n) is 3.43. The van der Waals surface area contributed by atoms with E-state index in [1.165, 1.54) is 25.3 Å². The minimum Gasteiger partial charge on any atom is -0.496 e. The van der Waals surface area contributed by atoms with Crippen LogP contribution in [0.25, 0.3) is 0 Å². The predicted octanol–water partition coefficient (Wildman–Crippen LogP) is 3.53. The Balaban J connectivity index is 2.52. The van der Waals surface area contributed by atoms with Crippen LogP contribution in [0.15, 0.2) is 36.4 Å². The molecule has 0 aliphatic heterocycles. The number of halogens is 1. The summed E-state index contributed by atoms with van der Waals surface area (Å²) in [7, 11) is 1.51. The predicted molar refractivity (Wildman–Crippen MR) is 72.9 cm³/mol. The summed E-state index contributed by atoms with van der Waals surface area (Å²) in [4.78, 5) is 0. The first-order chi connectivity index (χ1) is 9.04. The molecule has 0 heterocycles. The number of hydrogen-bond acceptors (Lipinski definition) is 2. The zero-order chi connectivity index (χ0) is 14.0. The quantitative estimate of drug-likeness (QED) is 0.914. The second-order valence-electron chi connectivity index (χ2n) is 4.58. The summed E-state index contributed by atoms with van der Waals surface area (Å²) in [6, 6.07) is 9.86. The summed E-state index contributed by atoms with van der Waals surface area (Å²) in [5.41, 5.74) is 3.30. The van der Waals surface area contributed by atoms with Gasteiger partial charge in [0.15, 0.2) is 0 Å². The molecule has 1 atom stereocenters. The SMILES string of the molecule is COc1ccc(F)cc1C(O)c1cccc(C)c1C. The molecule has 0 fully saturated rings. The molecule has 2 rings (SSSR count). The van der Waals surface area contributed by atoms with E-state index in [-0.39, 0.29) is 5.82 Å². The van der Waals surface area contributed by atoms with Gasteiger partial charge in [-0.25, -0.2) is 4.39 Å². The molecule has 2 nitrogen and oxygen atoms in total. The highest BCUT2D eigenvalue weighted by atomic mass is 19.1. The lowest BCUT2D eigenvalue weighted by Gasteiger charge is -2.18. The molecule has 2 aromatic carbocycles. The molecule has 1 unspecified atom stereocenters. The molecule has 19 heavy (non-hydrogen) atoms. The molecule has 0 aliphatic rings. The van der Waals surface area contributed by atoms with E-state index in [2.05, 4.69) is 0 Å². The van der Waals surface area contributed by atoms with Crippen LogP contribution in [0.2, 0.25) is 0 Å². The van der Waals surface area contributed by atoms with Crippen molar-refractivity contribution in [1.29, 1.82) is 0 Å². The fraction of sp³-hybridized carbons (Fsp3) is 0.250. The Hall–Kier alpha value is -1.87.